The maximum Gasteiger partial charge on any atom is 0.391 e. The maximum atomic E-state index is 12.5. The van der Waals surface area contributed by atoms with Gasteiger partial charge >= 0.3 is 6.18 Å². The van der Waals surface area contributed by atoms with Crippen LogP contribution in [0.3, 0.4) is 0 Å². The van der Waals surface area contributed by atoms with Crippen molar-refractivity contribution in [2.24, 2.45) is 11.8 Å². The van der Waals surface area contributed by atoms with Crippen LogP contribution in [0, 0.1) is 11.8 Å². The molecule has 2 saturated heterocycles. The van der Waals surface area contributed by atoms with Crippen molar-refractivity contribution in [3.05, 3.63) is 0 Å². The van der Waals surface area contributed by atoms with Gasteiger partial charge in [0, 0.05) is 31.1 Å². The molecule has 2 unspecified atom stereocenters. The Kier molecular flexibility index (Phi) is 3.04. The Bertz CT molecular complexity index is 365. The number of halogens is 3. The van der Waals surface area contributed by atoms with Crippen LogP contribution in [0.15, 0.2) is 0 Å². The van der Waals surface area contributed by atoms with Crippen molar-refractivity contribution < 1.29 is 18.0 Å². The van der Waals surface area contributed by atoms with Gasteiger partial charge in [0.25, 0.3) is 0 Å². The van der Waals surface area contributed by atoms with Gasteiger partial charge in [0.1, 0.15) is 0 Å². The lowest BCUT2D eigenvalue weighted by Crippen LogP contribution is -2.57. The molecule has 108 valence electrons. The van der Waals surface area contributed by atoms with E-state index in [-0.39, 0.29) is 30.8 Å². The summed E-state index contributed by atoms with van der Waals surface area (Å²) < 4.78 is 37.4. The predicted octanol–water partition coefficient (Wildman–Crippen LogP) is 1.88. The fourth-order valence-electron chi connectivity index (χ4n) is 3.77. The number of likely N-dealkylation sites (N-methyl/N-ethyl adjacent to an activating group) is 1. The van der Waals surface area contributed by atoms with Gasteiger partial charge in [0.05, 0.1) is 5.92 Å². The SMILES string of the molecule is CN1CC2CCC(C1)N2C(=O)C1CC(C(F)(F)F)C1. The van der Waals surface area contributed by atoms with E-state index in [1.807, 2.05) is 11.9 Å². The Morgan fingerprint density at radius 2 is 1.63 bits per heavy atom. The summed E-state index contributed by atoms with van der Waals surface area (Å²) in [6, 6.07) is 0.447. The molecule has 0 radical (unpaired) electrons. The zero-order valence-corrected chi connectivity index (χ0v) is 11.0. The molecule has 2 aliphatic heterocycles. The number of hydrogen-bond donors (Lipinski definition) is 0. The van der Waals surface area contributed by atoms with Crippen molar-refractivity contribution in [3.63, 3.8) is 0 Å². The topological polar surface area (TPSA) is 23.6 Å². The first-order valence-electron chi connectivity index (χ1n) is 6.93. The minimum Gasteiger partial charge on any atom is -0.334 e. The number of hydrogen-bond acceptors (Lipinski definition) is 2. The van der Waals surface area contributed by atoms with E-state index in [0.717, 1.165) is 25.9 Å². The largest absolute Gasteiger partial charge is 0.391 e. The molecule has 19 heavy (non-hydrogen) atoms. The maximum absolute atomic E-state index is 12.5. The second kappa shape index (κ2) is 4.36. The molecular weight excluding hydrogens is 257 g/mol. The third-order valence-electron chi connectivity index (χ3n) is 4.87. The van der Waals surface area contributed by atoms with E-state index in [1.165, 1.54) is 0 Å². The molecule has 3 fully saturated rings. The molecule has 1 saturated carbocycles. The molecule has 2 bridgehead atoms. The molecule has 1 aliphatic carbocycles. The van der Waals surface area contributed by atoms with Crippen molar-refractivity contribution in [2.75, 3.05) is 20.1 Å². The van der Waals surface area contributed by atoms with Gasteiger partial charge in [-0.15, -0.1) is 0 Å². The highest BCUT2D eigenvalue weighted by atomic mass is 19.4. The highest BCUT2D eigenvalue weighted by molar-refractivity contribution is 5.81. The second-order valence-corrected chi connectivity index (χ2v) is 6.26. The van der Waals surface area contributed by atoms with Crippen molar-refractivity contribution in [1.29, 1.82) is 0 Å². The molecule has 2 heterocycles. The van der Waals surface area contributed by atoms with Crippen LogP contribution >= 0.6 is 0 Å². The summed E-state index contributed by atoms with van der Waals surface area (Å²) in [6.07, 6.45) is -2.15. The van der Waals surface area contributed by atoms with Crippen molar-refractivity contribution in [2.45, 2.75) is 43.9 Å². The van der Waals surface area contributed by atoms with E-state index >= 15 is 0 Å². The standard InChI is InChI=1S/C13H19F3N2O/c1-17-6-10-2-3-11(7-17)18(10)12(19)8-4-9(5-8)13(14,15)16/h8-11H,2-7H2,1H3. The summed E-state index contributed by atoms with van der Waals surface area (Å²) in [6.45, 7) is 1.72. The molecule has 0 aromatic carbocycles. The Balaban J connectivity index is 1.61. The van der Waals surface area contributed by atoms with Crippen LogP contribution in [-0.4, -0.2) is 54.1 Å². The van der Waals surface area contributed by atoms with Crippen LogP contribution in [-0.2, 0) is 4.79 Å². The zero-order chi connectivity index (χ0) is 13.8. The number of fused-ring (bicyclic) bond motifs is 2. The monoisotopic (exact) mass is 276 g/mol. The van der Waals surface area contributed by atoms with Gasteiger partial charge in [-0.25, -0.2) is 0 Å². The number of alkyl halides is 3. The van der Waals surface area contributed by atoms with Gasteiger partial charge in [-0.05, 0) is 32.7 Å². The van der Waals surface area contributed by atoms with Crippen LogP contribution in [0.25, 0.3) is 0 Å². The molecule has 0 aromatic heterocycles. The highest BCUT2D eigenvalue weighted by Gasteiger charge is 2.53. The van der Waals surface area contributed by atoms with Gasteiger partial charge in [-0.2, -0.15) is 13.2 Å². The number of rotatable bonds is 1. The van der Waals surface area contributed by atoms with E-state index in [2.05, 4.69) is 4.90 Å². The van der Waals surface area contributed by atoms with Crippen LogP contribution in [0.2, 0.25) is 0 Å². The molecule has 3 nitrogen and oxygen atoms in total. The third-order valence-corrected chi connectivity index (χ3v) is 4.87. The predicted molar refractivity (Wildman–Crippen MR) is 63.4 cm³/mol. The number of piperazine rings is 1. The fraction of sp³-hybridized carbons (Fsp3) is 0.923. The van der Waals surface area contributed by atoms with E-state index in [0.29, 0.717) is 0 Å². The summed E-state index contributed by atoms with van der Waals surface area (Å²) in [5.41, 5.74) is 0. The molecule has 1 amide bonds. The lowest BCUT2D eigenvalue weighted by Gasteiger charge is -2.44. The first-order chi connectivity index (χ1) is 8.86. The summed E-state index contributed by atoms with van der Waals surface area (Å²) in [4.78, 5) is 16.5. The Morgan fingerprint density at radius 1 is 1.11 bits per heavy atom. The quantitative estimate of drug-likeness (QED) is 0.730. The second-order valence-electron chi connectivity index (χ2n) is 6.26. The summed E-state index contributed by atoms with van der Waals surface area (Å²) in [5, 5.41) is 0. The highest BCUT2D eigenvalue weighted by Crippen LogP contribution is 2.46. The minimum atomic E-state index is -4.13. The fourth-order valence-corrected chi connectivity index (χ4v) is 3.77. The van der Waals surface area contributed by atoms with E-state index in [1.54, 1.807) is 0 Å². The number of carbonyl (C=O) groups is 1. The summed E-state index contributed by atoms with van der Waals surface area (Å²) in [7, 11) is 2.04. The first kappa shape index (κ1) is 13.2. The molecule has 2 atom stereocenters. The molecule has 3 aliphatic rings. The summed E-state index contributed by atoms with van der Waals surface area (Å²) in [5.74, 6) is -1.68. The van der Waals surface area contributed by atoms with Gasteiger partial charge < -0.3 is 9.80 Å². The van der Waals surface area contributed by atoms with Gasteiger partial charge in [0.2, 0.25) is 5.91 Å². The molecule has 0 spiro atoms. The third kappa shape index (κ3) is 2.24. The number of amides is 1. The van der Waals surface area contributed by atoms with Crippen molar-refractivity contribution in [1.82, 2.24) is 9.80 Å². The minimum absolute atomic E-state index is 0.00584. The number of likely N-dealkylation sites (tertiary alicyclic amines) is 1. The Morgan fingerprint density at radius 3 is 2.11 bits per heavy atom. The van der Waals surface area contributed by atoms with E-state index < -0.39 is 18.0 Å². The molecular formula is C13H19F3N2O. The lowest BCUT2D eigenvalue weighted by atomic mass is 9.73. The molecule has 0 N–H and O–H groups in total. The van der Waals surface area contributed by atoms with Crippen LogP contribution < -0.4 is 0 Å². The number of carbonyl (C=O) groups excluding carboxylic acids is 1. The van der Waals surface area contributed by atoms with Crippen LogP contribution in [0.5, 0.6) is 0 Å². The average molecular weight is 276 g/mol. The average Bonchev–Trinajstić information content (AvgIpc) is 2.46. The smallest absolute Gasteiger partial charge is 0.334 e. The van der Waals surface area contributed by atoms with Gasteiger partial charge in [-0.3, -0.25) is 4.79 Å². The van der Waals surface area contributed by atoms with E-state index in [4.69, 9.17) is 0 Å². The first-order valence-corrected chi connectivity index (χ1v) is 6.93. The van der Waals surface area contributed by atoms with Crippen LogP contribution in [0.1, 0.15) is 25.7 Å². The number of nitrogens with zero attached hydrogens (tertiary/aromatic N) is 2. The van der Waals surface area contributed by atoms with Gasteiger partial charge in [0.15, 0.2) is 0 Å². The van der Waals surface area contributed by atoms with E-state index in [9.17, 15) is 18.0 Å². The Hall–Kier alpha value is -0.780. The molecule has 6 heteroatoms. The normalized spacial score (nSPS) is 39.3. The van der Waals surface area contributed by atoms with Crippen molar-refractivity contribution >= 4 is 5.91 Å². The Labute approximate surface area is 110 Å². The molecule has 0 aromatic rings. The van der Waals surface area contributed by atoms with Crippen molar-refractivity contribution in [3.8, 4) is 0 Å². The summed E-state index contributed by atoms with van der Waals surface area (Å²) >= 11 is 0. The lowest BCUT2D eigenvalue weighted by molar-refractivity contribution is -0.207. The van der Waals surface area contributed by atoms with Gasteiger partial charge in [-0.1, -0.05) is 0 Å². The van der Waals surface area contributed by atoms with Crippen LogP contribution in [0.4, 0.5) is 13.2 Å². The molecule has 3 rings (SSSR count). The zero-order valence-electron chi connectivity index (χ0n) is 11.0.